The molecule has 164 valence electrons. The Hall–Kier alpha value is -0.500. The second kappa shape index (κ2) is 17.6. The zero-order valence-electron chi connectivity index (χ0n) is 18.3. The molecule has 0 aliphatic rings. The zero-order chi connectivity index (χ0) is 21.2. The summed E-state index contributed by atoms with van der Waals surface area (Å²) in [4.78, 5) is 11.9. The summed E-state index contributed by atoms with van der Waals surface area (Å²) in [5, 5.41) is 0. The molecule has 0 amide bonds. The largest absolute Gasteiger partial charge is 0.726 e. The first-order valence-corrected chi connectivity index (χ1v) is 11.8. The maximum absolute atomic E-state index is 11.9. The quantitative estimate of drug-likeness (QED) is 0.163. The van der Waals surface area contributed by atoms with E-state index in [1.165, 1.54) is 64.2 Å². The minimum atomic E-state index is -4.41. The monoisotopic (exact) mass is 409 g/mol. The number of carbonyl (C=O) groups excluding carboxylic acids is 1. The maximum Gasteiger partial charge on any atom is 0.217 e. The SMILES string of the molecule is CCCCCCCCCCCCCC(=O)C[N+](C)(C)CC.COS(=O)(=O)[O-]. The van der Waals surface area contributed by atoms with Gasteiger partial charge in [0.05, 0.1) is 27.7 Å². The van der Waals surface area contributed by atoms with Gasteiger partial charge >= 0.3 is 0 Å². The van der Waals surface area contributed by atoms with Crippen molar-refractivity contribution in [3.63, 3.8) is 0 Å². The lowest BCUT2D eigenvalue weighted by molar-refractivity contribution is -0.880. The Morgan fingerprint density at radius 3 is 1.56 bits per heavy atom. The molecule has 0 heterocycles. The molecule has 0 atom stereocenters. The number of hydrogen-bond acceptors (Lipinski definition) is 5. The van der Waals surface area contributed by atoms with Gasteiger partial charge in [0.25, 0.3) is 0 Å². The standard InChI is InChI=1S/C19H40NO.CH4O4S/c1-5-7-8-9-10-11-12-13-14-15-16-17-19(21)18-20(3,4)6-2;1-5-6(2,3)4/h5-18H2,1-4H3;1H3,(H,2,3,4)/q+1;/p-1. The zero-order valence-corrected chi connectivity index (χ0v) is 19.1. The first kappa shape index (κ1) is 28.7. The van der Waals surface area contributed by atoms with Crippen LogP contribution in [0, 0.1) is 0 Å². The molecule has 6 nitrogen and oxygen atoms in total. The van der Waals surface area contributed by atoms with Crippen LogP contribution in [0.15, 0.2) is 0 Å². The lowest BCUT2D eigenvalue weighted by Gasteiger charge is -2.27. The van der Waals surface area contributed by atoms with Gasteiger partial charge in [-0.1, -0.05) is 71.1 Å². The molecule has 0 saturated carbocycles. The van der Waals surface area contributed by atoms with Gasteiger partial charge in [-0.3, -0.25) is 8.98 Å². The Balaban J connectivity index is 0. The van der Waals surface area contributed by atoms with E-state index in [0.717, 1.165) is 31.0 Å². The van der Waals surface area contributed by atoms with Crippen molar-refractivity contribution in [2.45, 2.75) is 90.9 Å². The number of carbonyl (C=O) groups is 1. The van der Waals surface area contributed by atoms with Crippen LogP contribution in [0.3, 0.4) is 0 Å². The summed E-state index contributed by atoms with van der Waals surface area (Å²) in [7, 11) is 0.670. The van der Waals surface area contributed by atoms with E-state index < -0.39 is 10.4 Å². The van der Waals surface area contributed by atoms with Crippen LogP contribution in [-0.4, -0.2) is 57.5 Å². The third-order valence-corrected chi connectivity index (χ3v) is 5.13. The summed E-state index contributed by atoms with van der Waals surface area (Å²) in [5.41, 5.74) is 0. The van der Waals surface area contributed by atoms with Crippen molar-refractivity contribution in [1.29, 1.82) is 0 Å². The van der Waals surface area contributed by atoms with Gasteiger partial charge in [0.1, 0.15) is 6.54 Å². The normalized spacial score (nSPS) is 11.8. The van der Waals surface area contributed by atoms with Crippen LogP contribution in [-0.2, 0) is 19.4 Å². The molecule has 0 unspecified atom stereocenters. The molecular formula is C20H43NO5S. The number of rotatable bonds is 16. The minimum absolute atomic E-state index is 0.442. The summed E-state index contributed by atoms with van der Waals surface area (Å²) < 4.78 is 31.9. The fourth-order valence-electron chi connectivity index (χ4n) is 2.65. The highest BCUT2D eigenvalue weighted by molar-refractivity contribution is 7.80. The second-order valence-corrected chi connectivity index (χ2v) is 8.96. The van der Waals surface area contributed by atoms with Crippen LogP contribution in [0.2, 0.25) is 0 Å². The fraction of sp³-hybridized carbons (Fsp3) is 0.950. The molecule has 0 aromatic heterocycles. The fourth-order valence-corrected chi connectivity index (χ4v) is 2.65. The van der Waals surface area contributed by atoms with E-state index in [0.29, 0.717) is 12.3 Å². The van der Waals surface area contributed by atoms with Crippen molar-refractivity contribution in [3.8, 4) is 0 Å². The van der Waals surface area contributed by atoms with Gasteiger partial charge in [0, 0.05) is 6.42 Å². The predicted octanol–water partition coefficient (Wildman–Crippen LogP) is 4.45. The minimum Gasteiger partial charge on any atom is -0.726 e. The Morgan fingerprint density at radius 2 is 1.22 bits per heavy atom. The number of nitrogens with zero attached hydrogens (tertiary/aromatic N) is 1. The van der Waals surface area contributed by atoms with Crippen molar-refractivity contribution in [3.05, 3.63) is 0 Å². The van der Waals surface area contributed by atoms with E-state index in [2.05, 4.69) is 32.1 Å². The maximum atomic E-state index is 11.9. The Labute approximate surface area is 168 Å². The highest BCUT2D eigenvalue weighted by Crippen LogP contribution is 2.12. The smallest absolute Gasteiger partial charge is 0.217 e. The molecular weight excluding hydrogens is 366 g/mol. The Bertz CT molecular complexity index is 449. The van der Waals surface area contributed by atoms with Crippen LogP contribution >= 0.6 is 0 Å². The summed E-state index contributed by atoms with van der Waals surface area (Å²) in [5.74, 6) is 0.442. The van der Waals surface area contributed by atoms with E-state index in [1.54, 1.807) is 0 Å². The molecule has 0 radical (unpaired) electrons. The average molecular weight is 410 g/mol. The van der Waals surface area contributed by atoms with E-state index in [-0.39, 0.29) is 0 Å². The van der Waals surface area contributed by atoms with E-state index in [9.17, 15) is 17.8 Å². The molecule has 0 aromatic rings. The number of quaternary nitrogens is 1. The second-order valence-electron chi connectivity index (χ2n) is 7.81. The van der Waals surface area contributed by atoms with Gasteiger partial charge < -0.3 is 9.04 Å². The number of ketones is 1. The number of Topliss-reactive ketones (excluding diaryl/α,β-unsaturated/α-hetero) is 1. The number of likely N-dealkylation sites (N-methyl/N-ethyl adjacent to an activating group) is 1. The van der Waals surface area contributed by atoms with Gasteiger partial charge in [-0.2, -0.15) is 0 Å². The summed E-state index contributed by atoms with van der Waals surface area (Å²) in [6, 6.07) is 0. The Morgan fingerprint density at radius 1 is 0.852 bits per heavy atom. The van der Waals surface area contributed by atoms with Gasteiger partial charge in [-0.15, -0.1) is 0 Å². The number of unbranched alkanes of at least 4 members (excludes halogenated alkanes) is 10. The van der Waals surface area contributed by atoms with Crippen molar-refractivity contribution >= 4 is 16.2 Å². The summed E-state index contributed by atoms with van der Waals surface area (Å²) in [6.45, 7) is 6.15. The van der Waals surface area contributed by atoms with Gasteiger partial charge in [0.2, 0.25) is 10.4 Å². The lowest BCUT2D eigenvalue weighted by Crippen LogP contribution is -2.43. The van der Waals surface area contributed by atoms with E-state index in [4.69, 9.17) is 0 Å². The number of hydrogen-bond donors (Lipinski definition) is 0. The third kappa shape index (κ3) is 25.5. The van der Waals surface area contributed by atoms with Crippen molar-refractivity contribution in [2.24, 2.45) is 0 Å². The first-order chi connectivity index (χ1) is 12.6. The summed E-state index contributed by atoms with van der Waals surface area (Å²) in [6.07, 6.45) is 15.6. The molecule has 0 aliphatic carbocycles. The van der Waals surface area contributed by atoms with Gasteiger partial charge in [-0.25, -0.2) is 8.42 Å². The van der Waals surface area contributed by atoms with Crippen molar-refractivity contribution in [1.82, 2.24) is 0 Å². The van der Waals surface area contributed by atoms with Gasteiger partial charge in [-0.05, 0) is 13.3 Å². The topological polar surface area (TPSA) is 83.5 Å². The molecule has 0 spiro atoms. The lowest BCUT2D eigenvalue weighted by atomic mass is 10.0. The van der Waals surface area contributed by atoms with Crippen molar-refractivity contribution in [2.75, 3.05) is 34.3 Å². The highest BCUT2D eigenvalue weighted by Gasteiger charge is 2.16. The van der Waals surface area contributed by atoms with E-state index in [1.807, 2.05) is 0 Å². The molecule has 0 aromatic carbocycles. The average Bonchev–Trinajstić information content (AvgIpc) is 2.59. The molecule has 0 aliphatic heterocycles. The van der Waals surface area contributed by atoms with Crippen LogP contribution in [0.4, 0.5) is 0 Å². The molecule has 7 heteroatoms. The Kier molecular flexibility index (Phi) is 18.7. The van der Waals surface area contributed by atoms with Crippen LogP contribution in [0.5, 0.6) is 0 Å². The van der Waals surface area contributed by atoms with Crippen LogP contribution < -0.4 is 0 Å². The molecule has 0 N–H and O–H groups in total. The predicted molar refractivity (Wildman–Crippen MR) is 110 cm³/mol. The molecule has 0 fully saturated rings. The third-order valence-electron chi connectivity index (χ3n) is 4.72. The molecule has 0 bridgehead atoms. The van der Waals surface area contributed by atoms with Crippen molar-refractivity contribution < 1.29 is 26.4 Å². The first-order valence-electron chi connectivity index (χ1n) is 10.4. The molecule has 0 rings (SSSR count). The van der Waals surface area contributed by atoms with E-state index >= 15 is 0 Å². The molecule has 27 heavy (non-hydrogen) atoms. The van der Waals surface area contributed by atoms with Gasteiger partial charge in [0.15, 0.2) is 5.78 Å². The summed E-state index contributed by atoms with van der Waals surface area (Å²) >= 11 is 0. The highest BCUT2D eigenvalue weighted by atomic mass is 32.3. The molecule has 0 saturated heterocycles. The van der Waals surface area contributed by atoms with Crippen LogP contribution in [0.25, 0.3) is 0 Å². The van der Waals surface area contributed by atoms with Crippen LogP contribution in [0.1, 0.15) is 90.9 Å².